The summed E-state index contributed by atoms with van der Waals surface area (Å²) in [6.07, 6.45) is 1.69. The minimum atomic E-state index is -0.848. The minimum absolute atomic E-state index is 0.159. The monoisotopic (exact) mass is 447 g/mol. The lowest BCUT2D eigenvalue weighted by Crippen LogP contribution is -2.25. The number of carbonyl (C=O) groups is 3. The second-order valence-electron chi connectivity index (χ2n) is 7.09. The van der Waals surface area contributed by atoms with E-state index in [0.29, 0.717) is 16.3 Å². The highest BCUT2D eigenvalue weighted by molar-refractivity contribution is 7.17. The first-order valence-electron chi connectivity index (χ1n) is 10.1. The van der Waals surface area contributed by atoms with Gasteiger partial charge >= 0.3 is 5.97 Å². The van der Waals surface area contributed by atoms with E-state index >= 15 is 0 Å². The second-order valence-corrected chi connectivity index (χ2v) is 8.32. The van der Waals surface area contributed by atoms with E-state index < -0.39 is 17.7 Å². The van der Waals surface area contributed by atoms with E-state index in [1.165, 1.54) is 11.3 Å². The molecule has 0 spiro atoms. The van der Waals surface area contributed by atoms with Crippen LogP contribution in [0.15, 0.2) is 54.7 Å². The van der Waals surface area contributed by atoms with Crippen LogP contribution in [0.3, 0.4) is 0 Å². The molecule has 4 rings (SSSR count). The van der Waals surface area contributed by atoms with Gasteiger partial charge in [-0.05, 0) is 38.5 Å². The van der Waals surface area contributed by atoms with Gasteiger partial charge in [0, 0.05) is 16.6 Å². The first-order chi connectivity index (χ1) is 15.4. The van der Waals surface area contributed by atoms with Crippen molar-refractivity contribution in [2.24, 2.45) is 0 Å². The van der Waals surface area contributed by atoms with Crippen molar-refractivity contribution in [1.29, 1.82) is 0 Å². The van der Waals surface area contributed by atoms with Crippen molar-refractivity contribution in [2.45, 2.75) is 20.8 Å². The molecule has 0 fully saturated rings. The number of aromatic nitrogens is 2. The van der Waals surface area contributed by atoms with E-state index in [1.807, 2.05) is 43.3 Å². The molecular formula is C24H21N3O4S. The van der Waals surface area contributed by atoms with Crippen LogP contribution in [0.1, 0.15) is 38.2 Å². The lowest BCUT2D eigenvalue weighted by Gasteiger charge is -2.08. The molecule has 0 unspecified atom stereocenters. The molecule has 0 bridgehead atoms. The molecule has 3 aromatic heterocycles. The van der Waals surface area contributed by atoms with Crippen molar-refractivity contribution < 1.29 is 19.1 Å². The highest BCUT2D eigenvalue weighted by atomic mass is 32.1. The van der Waals surface area contributed by atoms with Crippen molar-refractivity contribution in [3.8, 4) is 11.3 Å². The minimum Gasteiger partial charge on any atom is -0.462 e. The second kappa shape index (κ2) is 8.76. The number of aryl methyl sites for hydroxylation is 1. The Kier molecular flexibility index (Phi) is 5.87. The average Bonchev–Trinajstić information content (AvgIpc) is 3.31. The number of nitrogens with zero attached hydrogens (tertiary/aromatic N) is 2. The Labute approximate surface area is 188 Å². The van der Waals surface area contributed by atoms with Gasteiger partial charge in [-0.1, -0.05) is 36.4 Å². The van der Waals surface area contributed by atoms with Crippen LogP contribution in [0.4, 0.5) is 5.00 Å². The van der Waals surface area contributed by atoms with Crippen molar-refractivity contribution in [3.63, 3.8) is 0 Å². The zero-order valence-electron chi connectivity index (χ0n) is 17.8. The van der Waals surface area contributed by atoms with Crippen LogP contribution in [-0.4, -0.2) is 33.7 Å². The molecule has 0 radical (unpaired) electrons. The van der Waals surface area contributed by atoms with Gasteiger partial charge in [0.25, 0.3) is 11.7 Å². The van der Waals surface area contributed by atoms with Gasteiger partial charge in [0.2, 0.25) is 0 Å². The van der Waals surface area contributed by atoms with Crippen molar-refractivity contribution in [3.05, 3.63) is 76.4 Å². The van der Waals surface area contributed by atoms with Gasteiger partial charge in [-0.25, -0.2) is 9.78 Å². The van der Waals surface area contributed by atoms with E-state index in [-0.39, 0.29) is 17.9 Å². The van der Waals surface area contributed by atoms with Gasteiger partial charge in [-0.2, -0.15) is 0 Å². The number of nitrogens with one attached hydrogen (secondary N) is 1. The first-order valence-corrected chi connectivity index (χ1v) is 10.9. The Morgan fingerprint density at radius 3 is 2.50 bits per heavy atom. The number of ketones is 1. The smallest absolute Gasteiger partial charge is 0.341 e. The van der Waals surface area contributed by atoms with E-state index in [9.17, 15) is 14.4 Å². The Bertz CT molecular complexity index is 1340. The lowest BCUT2D eigenvalue weighted by molar-refractivity contribution is -0.112. The maximum absolute atomic E-state index is 13.3. The molecule has 7 nitrogen and oxygen atoms in total. The predicted octanol–water partition coefficient (Wildman–Crippen LogP) is 4.68. The fourth-order valence-electron chi connectivity index (χ4n) is 3.44. The number of imidazole rings is 1. The lowest BCUT2D eigenvalue weighted by atomic mass is 10.1. The number of carbonyl (C=O) groups excluding carboxylic acids is 3. The number of fused-ring (bicyclic) bond motifs is 1. The van der Waals surface area contributed by atoms with Crippen LogP contribution in [0, 0.1) is 13.8 Å². The summed E-state index contributed by atoms with van der Waals surface area (Å²) in [4.78, 5) is 44.2. The quantitative estimate of drug-likeness (QED) is 0.263. The van der Waals surface area contributed by atoms with Gasteiger partial charge in [-0.15, -0.1) is 11.3 Å². The highest BCUT2D eigenvalue weighted by Crippen LogP contribution is 2.33. The Morgan fingerprint density at radius 1 is 1.06 bits per heavy atom. The topological polar surface area (TPSA) is 89.8 Å². The number of thiophene rings is 1. The van der Waals surface area contributed by atoms with Crippen LogP contribution in [0.5, 0.6) is 0 Å². The summed E-state index contributed by atoms with van der Waals surface area (Å²) in [5, 5.41) is 2.93. The van der Waals surface area contributed by atoms with E-state index in [0.717, 1.165) is 16.0 Å². The molecule has 1 aromatic carbocycles. The van der Waals surface area contributed by atoms with Gasteiger partial charge in [0.15, 0.2) is 0 Å². The molecule has 0 atom stereocenters. The number of benzene rings is 1. The van der Waals surface area contributed by atoms with Crippen molar-refractivity contribution in [2.75, 3.05) is 11.9 Å². The third-order valence-electron chi connectivity index (χ3n) is 5.09. The van der Waals surface area contributed by atoms with E-state index in [1.54, 1.807) is 36.6 Å². The molecule has 32 heavy (non-hydrogen) atoms. The Morgan fingerprint density at radius 2 is 1.78 bits per heavy atom. The summed E-state index contributed by atoms with van der Waals surface area (Å²) in [5.41, 5.74) is 2.85. The molecule has 0 aliphatic rings. The molecule has 1 N–H and O–H groups in total. The standard InChI is InChI=1S/C24H21N3O4S/c1-4-31-24(30)18-14(2)15(3)32-23(18)26-22(29)21(28)20-19(16-10-6-5-7-11-16)25-17-12-8-9-13-27(17)20/h5-13H,4H2,1-3H3,(H,26,29). The zero-order valence-corrected chi connectivity index (χ0v) is 18.7. The molecule has 0 aliphatic heterocycles. The normalized spacial score (nSPS) is 10.8. The summed E-state index contributed by atoms with van der Waals surface area (Å²) in [6, 6.07) is 14.6. The summed E-state index contributed by atoms with van der Waals surface area (Å²) in [5.74, 6) is -2.13. The number of Topliss-reactive ketones (excluding diaryl/α,β-unsaturated/α-hetero) is 1. The molecule has 8 heteroatoms. The third-order valence-corrected chi connectivity index (χ3v) is 6.21. The summed E-state index contributed by atoms with van der Waals surface area (Å²) >= 11 is 1.23. The van der Waals surface area contributed by atoms with Crippen LogP contribution in [0.2, 0.25) is 0 Å². The number of pyridine rings is 1. The van der Waals surface area contributed by atoms with Crippen LogP contribution in [-0.2, 0) is 9.53 Å². The third kappa shape index (κ3) is 3.80. The van der Waals surface area contributed by atoms with Gasteiger partial charge in [0.05, 0.1) is 12.2 Å². The number of ether oxygens (including phenoxy) is 1. The number of amides is 1. The predicted molar refractivity (Wildman–Crippen MR) is 123 cm³/mol. The highest BCUT2D eigenvalue weighted by Gasteiger charge is 2.29. The SMILES string of the molecule is CCOC(=O)c1c(NC(=O)C(=O)c2c(-c3ccccc3)nc3ccccn23)sc(C)c1C. The summed E-state index contributed by atoms with van der Waals surface area (Å²) in [6.45, 7) is 5.55. The fourth-order valence-corrected chi connectivity index (χ4v) is 4.49. The van der Waals surface area contributed by atoms with Crippen LogP contribution < -0.4 is 5.32 Å². The number of hydrogen-bond donors (Lipinski definition) is 1. The van der Waals surface area contributed by atoms with Crippen molar-refractivity contribution >= 4 is 39.6 Å². The number of rotatable bonds is 6. The Hall–Kier alpha value is -3.78. The summed E-state index contributed by atoms with van der Waals surface area (Å²) in [7, 11) is 0. The maximum atomic E-state index is 13.3. The first kappa shape index (κ1) is 21.5. The number of esters is 1. The van der Waals surface area contributed by atoms with E-state index in [2.05, 4.69) is 10.3 Å². The van der Waals surface area contributed by atoms with Crippen LogP contribution >= 0.6 is 11.3 Å². The summed E-state index contributed by atoms with van der Waals surface area (Å²) < 4.78 is 6.73. The van der Waals surface area contributed by atoms with Crippen LogP contribution in [0.25, 0.3) is 16.9 Å². The maximum Gasteiger partial charge on any atom is 0.341 e. The molecular weight excluding hydrogens is 426 g/mol. The number of anilines is 1. The van der Waals surface area contributed by atoms with Crippen molar-refractivity contribution in [1.82, 2.24) is 9.38 Å². The zero-order chi connectivity index (χ0) is 22.8. The van der Waals surface area contributed by atoms with E-state index in [4.69, 9.17) is 4.74 Å². The molecule has 0 saturated heterocycles. The Balaban J connectivity index is 1.75. The van der Waals surface area contributed by atoms with Gasteiger partial charge in [-0.3, -0.25) is 14.0 Å². The molecule has 162 valence electrons. The molecule has 0 saturated carbocycles. The molecule has 3 heterocycles. The largest absolute Gasteiger partial charge is 0.462 e. The molecule has 0 aliphatic carbocycles. The molecule has 4 aromatic rings. The van der Waals surface area contributed by atoms with Gasteiger partial charge < -0.3 is 10.1 Å². The molecule has 1 amide bonds. The average molecular weight is 448 g/mol. The van der Waals surface area contributed by atoms with Gasteiger partial charge in [0.1, 0.15) is 22.0 Å². The fraction of sp³-hybridized carbons (Fsp3) is 0.167. The number of hydrogen-bond acceptors (Lipinski definition) is 6.